The first kappa shape index (κ1) is 25.4. The van der Waals surface area contributed by atoms with Crippen molar-refractivity contribution in [2.45, 2.75) is 33.9 Å². The number of nitrogens with zero attached hydrogens (tertiary/aromatic N) is 1. The predicted octanol–water partition coefficient (Wildman–Crippen LogP) is 5.96. The summed E-state index contributed by atoms with van der Waals surface area (Å²) in [6.45, 7) is 8.05. The average Bonchev–Trinajstić information content (AvgIpc) is 2.69. The van der Waals surface area contributed by atoms with Gasteiger partial charge in [0.05, 0.1) is 0 Å². The van der Waals surface area contributed by atoms with Crippen LogP contribution in [0, 0.1) is 20.8 Å². The van der Waals surface area contributed by atoms with Gasteiger partial charge in [0.25, 0.3) is 0 Å². The van der Waals surface area contributed by atoms with Crippen LogP contribution in [-0.4, -0.2) is 17.1 Å². The third-order valence-corrected chi connectivity index (χ3v) is 6.42. The quantitative estimate of drug-likeness (QED) is 0.337. The van der Waals surface area contributed by atoms with Crippen molar-refractivity contribution in [3.05, 3.63) is 88.5 Å². The van der Waals surface area contributed by atoms with E-state index in [1.165, 1.54) is 27.6 Å². The van der Waals surface area contributed by atoms with Gasteiger partial charge in [0.15, 0.2) is 0 Å². The Morgan fingerprint density at radius 3 is 2.23 bits per heavy atom. The van der Waals surface area contributed by atoms with E-state index in [0.29, 0.717) is 14.3 Å². The summed E-state index contributed by atoms with van der Waals surface area (Å²) < 4.78 is 0. The molecule has 1 N–H and O–H groups in total. The zero-order valence-corrected chi connectivity index (χ0v) is 21.9. The first-order valence-corrected chi connectivity index (χ1v) is 15.0. The van der Waals surface area contributed by atoms with Gasteiger partial charge in [0, 0.05) is 18.4 Å². The van der Waals surface area contributed by atoms with E-state index in [1.807, 2.05) is 13.0 Å². The molecule has 0 aromatic heterocycles. The van der Waals surface area contributed by atoms with Crippen LogP contribution in [0.4, 0.5) is 0 Å². The standard InChI is InChI=1S/C24H28NOP.2ClH.Ti/c1-17-13-19(3)23(26)22(14-17)27-24-18(2)9-8-12-21(24)16-25(4)15-20-10-6-5-7-11-20;;;/h5-14,26-27H,15-16H2,1-4H3;2*1H;/q;;;+2/p-2. The van der Waals surface area contributed by atoms with Gasteiger partial charge in [0.2, 0.25) is 0 Å². The van der Waals surface area contributed by atoms with Gasteiger partial charge in [-0.2, -0.15) is 0 Å². The van der Waals surface area contributed by atoms with Crippen molar-refractivity contribution in [1.82, 2.24) is 4.90 Å². The number of rotatable bonds is 6. The Bertz CT molecular complexity index is 953. The van der Waals surface area contributed by atoms with Gasteiger partial charge in [-0.3, -0.25) is 4.90 Å². The molecule has 0 saturated heterocycles. The molecule has 2 nitrogen and oxygen atoms in total. The van der Waals surface area contributed by atoms with E-state index in [0.717, 1.165) is 24.0 Å². The fraction of sp³-hybridized carbons (Fsp3) is 0.250. The zero-order valence-electron chi connectivity index (χ0n) is 17.8. The Morgan fingerprint density at radius 2 is 1.57 bits per heavy atom. The Kier molecular flexibility index (Phi) is 10.9. The summed E-state index contributed by atoms with van der Waals surface area (Å²) in [6.07, 6.45) is 0. The van der Waals surface area contributed by atoms with Gasteiger partial charge in [-0.15, -0.1) is 0 Å². The summed E-state index contributed by atoms with van der Waals surface area (Å²) in [7, 11) is 12.4. The first-order valence-electron chi connectivity index (χ1n) is 9.70. The molecule has 3 aromatic carbocycles. The molecule has 0 radical (unpaired) electrons. The molecule has 0 aliphatic rings. The molecule has 0 aliphatic heterocycles. The van der Waals surface area contributed by atoms with E-state index < -0.39 is 17.0 Å². The van der Waals surface area contributed by atoms with E-state index in [-0.39, 0.29) is 0 Å². The number of phenolic OH excluding ortho intramolecular Hbond substituents is 1. The van der Waals surface area contributed by atoms with Gasteiger partial charge >= 0.3 is 35.6 Å². The molecule has 0 aliphatic carbocycles. The normalized spacial score (nSPS) is 10.9. The predicted molar refractivity (Wildman–Crippen MR) is 130 cm³/mol. The van der Waals surface area contributed by atoms with Crippen molar-refractivity contribution in [2.24, 2.45) is 0 Å². The topological polar surface area (TPSA) is 23.5 Å². The Hall–Kier alpha value is -0.856. The van der Waals surface area contributed by atoms with Crippen LogP contribution < -0.4 is 10.6 Å². The van der Waals surface area contributed by atoms with E-state index in [1.54, 1.807) is 0 Å². The molecule has 0 amide bonds. The van der Waals surface area contributed by atoms with Gasteiger partial charge in [-0.25, -0.2) is 0 Å². The summed E-state index contributed by atoms with van der Waals surface area (Å²) >= 11 is -0.556. The van der Waals surface area contributed by atoms with Crippen LogP contribution in [0.1, 0.15) is 27.8 Å². The fourth-order valence-electron chi connectivity index (χ4n) is 3.47. The van der Waals surface area contributed by atoms with Crippen LogP contribution in [0.5, 0.6) is 5.75 Å². The number of benzene rings is 3. The fourth-order valence-corrected chi connectivity index (χ4v) is 4.96. The molecule has 30 heavy (non-hydrogen) atoms. The molecule has 3 aromatic rings. The van der Waals surface area contributed by atoms with Gasteiger partial charge in [-0.05, 0) is 67.0 Å². The number of hydrogen-bond donors (Lipinski definition) is 1. The van der Waals surface area contributed by atoms with Crippen LogP contribution in [0.15, 0.2) is 60.7 Å². The maximum absolute atomic E-state index is 10.5. The van der Waals surface area contributed by atoms with E-state index in [2.05, 4.69) is 80.4 Å². The minimum atomic E-state index is -0.556. The first-order chi connectivity index (χ1) is 14.3. The average molecular weight is 496 g/mol. The van der Waals surface area contributed by atoms with Crippen LogP contribution in [0.3, 0.4) is 0 Å². The molecule has 0 saturated carbocycles. The Labute approximate surface area is 199 Å². The molecule has 0 spiro atoms. The van der Waals surface area contributed by atoms with Crippen molar-refractivity contribution < 1.29 is 22.1 Å². The second-order valence-corrected chi connectivity index (χ2v) is 11.3. The third-order valence-electron chi connectivity index (χ3n) is 4.80. The van der Waals surface area contributed by atoms with Crippen molar-refractivity contribution in [3.63, 3.8) is 0 Å². The van der Waals surface area contributed by atoms with E-state index >= 15 is 0 Å². The number of phenols is 1. The SMILES string of the molecule is Cc1cc(C)c(O)c(Pc2c(C)cccc2CN(C)Cc2ccccc2)c1.[Cl][Ti][Cl]. The van der Waals surface area contributed by atoms with E-state index in [4.69, 9.17) is 18.6 Å². The molecule has 0 heterocycles. The number of halogens is 2. The van der Waals surface area contributed by atoms with Crippen LogP contribution in [0.2, 0.25) is 0 Å². The molecular weight excluding hydrogens is 468 g/mol. The third kappa shape index (κ3) is 7.68. The Morgan fingerprint density at radius 1 is 0.900 bits per heavy atom. The second-order valence-electron chi connectivity index (χ2n) is 7.44. The van der Waals surface area contributed by atoms with Crippen molar-refractivity contribution in [3.8, 4) is 5.75 Å². The summed E-state index contributed by atoms with van der Waals surface area (Å²) in [4.78, 5) is 2.35. The monoisotopic (exact) mass is 495 g/mol. The molecule has 158 valence electrons. The summed E-state index contributed by atoms with van der Waals surface area (Å²) in [5, 5.41) is 12.9. The summed E-state index contributed by atoms with van der Waals surface area (Å²) in [5.41, 5.74) is 6.10. The molecule has 0 bridgehead atoms. The summed E-state index contributed by atoms with van der Waals surface area (Å²) in [6, 6.07) is 21.2. The number of aromatic hydroxyl groups is 1. The van der Waals surface area contributed by atoms with Gasteiger partial charge in [-0.1, -0.05) is 63.2 Å². The number of aryl methyl sites for hydroxylation is 3. The van der Waals surface area contributed by atoms with Crippen LogP contribution in [0.25, 0.3) is 0 Å². The van der Waals surface area contributed by atoms with E-state index in [9.17, 15) is 5.11 Å². The Balaban J connectivity index is 0.00000101. The molecule has 1 atom stereocenters. The van der Waals surface area contributed by atoms with Crippen molar-refractivity contribution in [2.75, 3.05) is 7.05 Å². The minimum absolute atomic E-state index is 0.436. The maximum atomic E-state index is 10.5. The molecule has 6 heteroatoms. The van der Waals surface area contributed by atoms with Crippen molar-refractivity contribution in [1.29, 1.82) is 0 Å². The molecule has 0 fully saturated rings. The molecule has 1 unspecified atom stereocenters. The number of hydrogen-bond acceptors (Lipinski definition) is 2. The summed E-state index contributed by atoms with van der Waals surface area (Å²) in [5.74, 6) is 0.436. The zero-order chi connectivity index (χ0) is 22.1. The second kappa shape index (κ2) is 12.9. The van der Waals surface area contributed by atoms with Crippen LogP contribution >= 0.6 is 27.2 Å². The molecular formula is C24H28Cl2NOPTi. The van der Waals surface area contributed by atoms with Gasteiger partial charge in [0.1, 0.15) is 5.75 Å². The van der Waals surface area contributed by atoms with Crippen LogP contribution in [-0.2, 0) is 30.1 Å². The van der Waals surface area contributed by atoms with Crippen molar-refractivity contribution >= 4 is 37.8 Å². The van der Waals surface area contributed by atoms with Gasteiger partial charge < -0.3 is 5.11 Å². The molecule has 3 rings (SSSR count).